The van der Waals surface area contributed by atoms with Gasteiger partial charge in [-0.05, 0) is 0 Å². The number of ether oxygens (including phenoxy) is 6. The highest BCUT2D eigenvalue weighted by molar-refractivity contribution is 5.70. The number of esters is 6. The summed E-state index contributed by atoms with van der Waals surface area (Å²) in [6, 6.07) is 0. The molecule has 12 nitrogen and oxygen atoms in total. The first-order valence-corrected chi connectivity index (χ1v) is 8.32. The Morgan fingerprint density at radius 3 is 1.24 bits per heavy atom. The van der Waals surface area contributed by atoms with E-state index in [-0.39, 0.29) is 0 Å². The molecular formula is C17H24O12. The minimum absolute atomic E-state index is 0.600. The molecular weight excluding hydrogens is 396 g/mol. The van der Waals surface area contributed by atoms with Crippen molar-refractivity contribution in [1.29, 1.82) is 0 Å². The van der Waals surface area contributed by atoms with Gasteiger partial charge in [-0.2, -0.15) is 0 Å². The fourth-order valence-corrected chi connectivity index (χ4v) is 2.11. The highest BCUT2D eigenvalue weighted by Crippen LogP contribution is 2.21. The summed E-state index contributed by atoms with van der Waals surface area (Å²) in [5, 5.41) is 0. The molecule has 0 radical (unpaired) electrons. The van der Waals surface area contributed by atoms with Gasteiger partial charge in [-0.1, -0.05) is 0 Å². The van der Waals surface area contributed by atoms with Gasteiger partial charge in [-0.25, -0.2) is 0 Å². The zero-order valence-electron chi connectivity index (χ0n) is 16.9. The van der Waals surface area contributed by atoms with E-state index >= 15 is 0 Å². The molecule has 0 unspecified atom stereocenters. The molecule has 0 saturated heterocycles. The van der Waals surface area contributed by atoms with Gasteiger partial charge in [0.25, 0.3) is 6.29 Å². The van der Waals surface area contributed by atoms with Gasteiger partial charge in [0, 0.05) is 41.5 Å². The Bertz CT molecular complexity index is 624. The van der Waals surface area contributed by atoms with E-state index < -0.39 is 67.0 Å². The van der Waals surface area contributed by atoms with Crippen molar-refractivity contribution in [2.45, 2.75) is 66.1 Å². The zero-order valence-corrected chi connectivity index (χ0v) is 16.9. The molecule has 0 N–H and O–H groups in total. The van der Waals surface area contributed by atoms with Crippen molar-refractivity contribution in [2.75, 3.05) is 6.61 Å². The van der Waals surface area contributed by atoms with Crippen LogP contribution < -0.4 is 0 Å². The van der Waals surface area contributed by atoms with Crippen LogP contribution in [0.1, 0.15) is 41.5 Å². The first-order valence-electron chi connectivity index (χ1n) is 8.32. The van der Waals surface area contributed by atoms with Crippen LogP contribution in [0, 0.1) is 0 Å². The molecule has 0 heterocycles. The fourth-order valence-electron chi connectivity index (χ4n) is 2.11. The first-order chi connectivity index (χ1) is 13.3. The molecule has 0 aromatic rings. The molecule has 0 saturated carbocycles. The minimum Gasteiger partial charge on any atom is -0.462 e. The normalized spacial score (nSPS) is 13.3. The van der Waals surface area contributed by atoms with Crippen LogP contribution in [0.4, 0.5) is 0 Å². The van der Waals surface area contributed by atoms with Crippen molar-refractivity contribution in [3.8, 4) is 0 Å². The monoisotopic (exact) mass is 420 g/mol. The maximum absolute atomic E-state index is 11.6. The minimum atomic E-state index is -1.85. The van der Waals surface area contributed by atoms with Crippen LogP contribution in [0.25, 0.3) is 0 Å². The standard InChI is InChI=1S/C17H24O12/c1-8(18)24-7-14(25-9(2)19)15(26-10(3)20)16(27-11(4)21)17(28-12(5)22)29-13(6)23/h14-17H,7H2,1-6H3/t14-,15+,16-/m0/s1. The van der Waals surface area contributed by atoms with Crippen molar-refractivity contribution in [2.24, 2.45) is 0 Å². The van der Waals surface area contributed by atoms with E-state index in [9.17, 15) is 28.8 Å². The zero-order chi connectivity index (χ0) is 22.7. The molecule has 3 atom stereocenters. The van der Waals surface area contributed by atoms with Gasteiger partial charge in [0.2, 0.25) is 6.10 Å². The van der Waals surface area contributed by atoms with Crippen LogP contribution in [0.3, 0.4) is 0 Å². The lowest BCUT2D eigenvalue weighted by atomic mass is 10.1. The van der Waals surface area contributed by atoms with E-state index in [0.29, 0.717) is 0 Å². The lowest BCUT2D eigenvalue weighted by Crippen LogP contribution is -2.54. The Labute approximate surface area is 166 Å². The van der Waals surface area contributed by atoms with E-state index in [1.807, 2.05) is 0 Å². The second-order valence-electron chi connectivity index (χ2n) is 5.69. The molecule has 0 spiro atoms. The van der Waals surface area contributed by atoms with E-state index in [4.69, 9.17) is 28.4 Å². The summed E-state index contributed by atoms with van der Waals surface area (Å²) < 4.78 is 29.7. The molecule has 0 aliphatic heterocycles. The summed E-state index contributed by atoms with van der Waals surface area (Å²) in [4.78, 5) is 68.7. The topological polar surface area (TPSA) is 158 Å². The van der Waals surface area contributed by atoms with Gasteiger partial charge in [-0.3, -0.25) is 28.8 Å². The number of hydrogen-bond donors (Lipinski definition) is 0. The predicted octanol–water partition coefficient (Wildman–Crippen LogP) is -0.203. The maximum atomic E-state index is 11.6. The maximum Gasteiger partial charge on any atom is 0.305 e. The van der Waals surface area contributed by atoms with Gasteiger partial charge in [-0.15, -0.1) is 0 Å². The third-order valence-electron chi connectivity index (χ3n) is 2.90. The average molecular weight is 420 g/mol. The van der Waals surface area contributed by atoms with Crippen molar-refractivity contribution in [3.63, 3.8) is 0 Å². The highest BCUT2D eigenvalue weighted by Gasteiger charge is 2.45. The van der Waals surface area contributed by atoms with Crippen molar-refractivity contribution >= 4 is 35.8 Å². The number of carbonyl (C=O) groups excluding carboxylic acids is 6. The second-order valence-corrected chi connectivity index (χ2v) is 5.69. The molecule has 0 aromatic heterocycles. The van der Waals surface area contributed by atoms with Gasteiger partial charge in [0.15, 0.2) is 12.2 Å². The van der Waals surface area contributed by atoms with Crippen LogP contribution in [-0.2, 0) is 57.2 Å². The second kappa shape index (κ2) is 12.3. The Morgan fingerprint density at radius 1 is 0.517 bits per heavy atom. The van der Waals surface area contributed by atoms with Gasteiger partial charge < -0.3 is 28.4 Å². The summed E-state index contributed by atoms with van der Waals surface area (Å²) in [6.07, 6.45) is -6.75. The van der Waals surface area contributed by atoms with Crippen LogP contribution in [0.5, 0.6) is 0 Å². The van der Waals surface area contributed by atoms with Crippen LogP contribution in [-0.4, -0.2) is 67.0 Å². The molecule has 0 aliphatic rings. The largest absolute Gasteiger partial charge is 0.462 e. The molecule has 12 heteroatoms. The smallest absolute Gasteiger partial charge is 0.305 e. The lowest BCUT2D eigenvalue weighted by molar-refractivity contribution is -0.237. The predicted molar refractivity (Wildman–Crippen MR) is 90.6 cm³/mol. The Morgan fingerprint density at radius 2 is 0.897 bits per heavy atom. The molecule has 0 aromatic carbocycles. The van der Waals surface area contributed by atoms with Gasteiger partial charge >= 0.3 is 35.8 Å². The van der Waals surface area contributed by atoms with Crippen molar-refractivity contribution in [1.82, 2.24) is 0 Å². The number of carbonyl (C=O) groups is 6. The number of rotatable bonds is 10. The molecule has 29 heavy (non-hydrogen) atoms. The quantitative estimate of drug-likeness (QED) is 0.261. The lowest BCUT2D eigenvalue weighted by Gasteiger charge is -2.34. The van der Waals surface area contributed by atoms with E-state index in [1.165, 1.54) is 0 Å². The molecule has 0 rings (SSSR count). The molecule has 0 amide bonds. The highest BCUT2D eigenvalue weighted by atomic mass is 16.7. The Balaban J connectivity index is 6.20. The summed E-state index contributed by atoms with van der Waals surface area (Å²) in [5.41, 5.74) is 0. The molecule has 0 bridgehead atoms. The SMILES string of the molecule is CC(=O)OC[C@H](OC(C)=O)[C@@H](OC(C)=O)[C@H](OC(C)=O)C(OC(C)=O)OC(C)=O. The van der Waals surface area contributed by atoms with Crippen LogP contribution in [0.15, 0.2) is 0 Å². The van der Waals surface area contributed by atoms with Crippen LogP contribution in [0.2, 0.25) is 0 Å². The van der Waals surface area contributed by atoms with E-state index in [1.54, 1.807) is 0 Å². The first kappa shape index (κ1) is 25.8. The van der Waals surface area contributed by atoms with E-state index in [0.717, 1.165) is 41.5 Å². The Kier molecular flexibility index (Phi) is 11.0. The van der Waals surface area contributed by atoms with Gasteiger partial charge in [0.05, 0.1) is 0 Å². The Hall–Kier alpha value is -3.18. The molecule has 0 aliphatic carbocycles. The summed E-state index contributed by atoms with van der Waals surface area (Å²) in [5.74, 6) is -5.26. The molecule has 164 valence electrons. The van der Waals surface area contributed by atoms with Crippen LogP contribution >= 0.6 is 0 Å². The summed E-state index contributed by atoms with van der Waals surface area (Å²) in [7, 11) is 0. The van der Waals surface area contributed by atoms with E-state index in [2.05, 4.69) is 0 Å². The fraction of sp³-hybridized carbons (Fsp3) is 0.647. The third kappa shape index (κ3) is 11.3. The summed E-state index contributed by atoms with van der Waals surface area (Å²) >= 11 is 0. The average Bonchev–Trinajstić information content (AvgIpc) is 2.52. The number of hydrogen-bond acceptors (Lipinski definition) is 12. The van der Waals surface area contributed by atoms with Gasteiger partial charge in [0.1, 0.15) is 6.61 Å². The van der Waals surface area contributed by atoms with Crippen molar-refractivity contribution in [3.05, 3.63) is 0 Å². The molecule has 0 fully saturated rings. The summed E-state index contributed by atoms with van der Waals surface area (Å²) in [6.45, 7) is 5.48. The van der Waals surface area contributed by atoms with Crippen molar-refractivity contribution < 1.29 is 57.2 Å². The third-order valence-corrected chi connectivity index (χ3v) is 2.90.